The number of aromatic nitrogens is 2. The number of hydrogen-bond acceptors (Lipinski definition) is 3. The molecule has 3 aromatic rings. The zero-order chi connectivity index (χ0) is 16.0. The second-order valence-electron chi connectivity index (χ2n) is 5.52. The van der Waals surface area contributed by atoms with Gasteiger partial charge in [0.25, 0.3) is 5.91 Å². The molecule has 1 amide bonds. The highest BCUT2D eigenvalue weighted by Gasteiger charge is 2.27. The lowest BCUT2D eigenvalue weighted by molar-refractivity contribution is 0.102. The monoisotopic (exact) mass is 343 g/mol. The van der Waals surface area contributed by atoms with Gasteiger partial charge in [-0.3, -0.25) is 9.48 Å². The standard InChI is InChI=1S/C17H14ClN3OS/c1-21-16-12-8-9-23-14(12)7-6-13(16)15(20-21)17(22)19-11-4-2-10(18)3-5-11/h2-5,8-9H,6-7H2,1H3,(H,19,22). The third kappa shape index (κ3) is 2.46. The Morgan fingerprint density at radius 3 is 2.83 bits per heavy atom. The first-order valence-electron chi connectivity index (χ1n) is 7.33. The van der Waals surface area contributed by atoms with E-state index in [4.69, 9.17) is 11.6 Å². The number of anilines is 1. The van der Waals surface area contributed by atoms with Crippen molar-refractivity contribution in [1.29, 1.82) is 0 Å². The van der Waals surface area contributed by atoms with Gasteiger partial charge in [0.15, 0.2) is 5.69 Å². The van der Waals surface area contributed by atoms with Gasteiger partial charge in [0.05, 0.1) is 5.69 Å². The van der Waals surface area contributed by atoms with E-state index >= 15 is 0 Å². The first-order chi connectivity index (χ1) is 11.1. The molecule has 0 saturated heterocycles. The van der Waals surface area contributed by atoms with Crippen molar-refractivity contribution in [2.24, 2.45) is 7.05 Å². The molecule has 0 saturated carbocycles. The number of nitrogens with one attached hydrogen (secondary N) is 1. The van der Waals surface area contributed by atoms with Gasteiger partial charge in [-0.15, -0.1) is 11.3 Å². The van der Waals surface area contributed by atoms with Crippen LogP contribution in [0.2, 0.25) is 5.02 Å². The Balaban J connectivity index is 1.70. The predicted octanol–water partition coefficient (Wildman–Crippen LogP) is 4.15. The number of rotatable bonds is 2. The van der Waals surface area contributed by atoms with Crippen LogP contribution in [0.25, 0.3) is 11.3 Å². The van der Waals surface area contributed by atoms with E-state index in [1.165, 1.54) is 10.4 Å². The van der Waals surface area contributed by atoms with Gasteiger partial charge in [-0.05, 0) is 48.6 Å². The van der Waals surface area contributed by atoms with E-state index in [0.717, 1.165) is 24.1 Å². The molecule has 6 heteroatoms. The third-order valence-electron chi connectivity index (χ3n) is 4.07. The Bertz CT molecular complexity index is 895. The molecular weight excluding hydrogens is 330 g/mol. The Hall–Kier alpha value is -2.11. The lowest BCUT2D eigenvalue weighted by Gasteiger charge is -2.13. The summed E-state index contributed by atoms with van der Waals surface area (Å²) < 4.78 is 1.82. The molecule has 1 N–H and O–H groups in total. The lowest BCUT2D eigenvalue weighted by Crippen LogP contribution is -2.15. The van der Waals surface area contributed by atoms with Crippen LogP contribution >= 0.6 is 22.9 Å². The summed E-state index contributed by atoms with van der Waals surface area (Å²) in [5.74, 6) is -0.178. The number of carbonyl (C=O) groups excluding carboxylic acids is 1. The fraction of sp³-hybridized carbons (Fsp3) is 0.176. The summed E-state index contributed by atoms with van der Waals surface area (Å²) in [6, 6.07) is 9.19. The molecular formula is C17H14ClN3OS. The number of hydrogen-bond donors (Lipinski definition) is 1. The summed E-state index contributed by atoms with van der Waals surface area (Å²) in [4.78, 5) is 14.0. The fourth-order valence-electron chi connectivity index (χ4n) is 3.03. The number of amides is 1. The zero-order valence-electron chi connectivity index (χ0n) is 12.5. The molecule has 0 spiro atoms. The van der Waals surface area contributed by atoms with Crippen LogP contribution < -0.4 is 5.32 Å². The molecule has 1 aliphatic carbocycles. The summed E-state index contributed by atoms with van der Waals surface area (Å²) in [7, 11) is 1.89. The van der Waals surface area contributed by atoms with Crippen molar-refractivity contribution in [1.82, 2.24) is 9.78 Å². The minimum atomic E-state index is -0.178. The van der Waals surface area contributed by atoms with E-state index in [1.54, 1.807) is 35.6 Å². The number of carbonyl (C=O) groups is 1. The number of aryl methyl sites for hydroxylation is 2. The Morgan fingerprint density at radius 2 is 2.04 bits per heavy atom. The molecule has 0 atom stereocenters. The van der Waals surface area contributed by atoms with Crippen molar-refractivity contribution >= 4 is 34.5 Å². The molecule has 0 unspecified atom stereocenters. The van der Waals surface area contributed by atoms with E-state index < -0.39 is 0 Å². The van der Waals surface area contributed by atoms with Crippen LogP contribution in [-0.2, 0) is 19.9 Å². The van der Waals surface area contributed by atoms with Crippen molar-refractivity contribution in [3.05, 3.63) is 56.9 Å². The van der Waals surface area contributed by atoms with Crippen LogP contribution in [0.1, 0.15) is 20.9 Å². The van der Waals surface area contributed by atoms with Crippen LogP contribution in [0.15, 0.2) is 35.7 Å². The SMILES string of the molecule is Cn1nc(C(=O)Nc2ccc(Cl)cc2)c2c1-c1ccsc1CC2. The maximum Gasteiger partial charge on any atom is 0.276 e. The molecule has 23 heavy (non-hydrogen) atoms. The molecule has 0 fully saturated rings. The predicted molar refractivity (Wildman–Crippen MR) is 93.3 cm³/mol. The van der Waals surface area contributed by atoms with Gasteiger partial charge in [0, 0.05) is 33.8 Å². The molecule has 2 heterocycles. The largest absolute Gasteiger partial charge is 0.321 e. The summed E-state index contributed by atoms with van der Waals surface area (Å²) >= 11 is 7.64. The lowest BCUT2D eigenvalue weighted by atomic mass is 9.94. The number of fused-ring (bicyclic) bond motifs is 3. The van der Waals surface area contributed by atoms with Crippen LogP contribution in [0.3, 0.4) is 0 Å². The molecule has 4 rings (SSSR count). The normalized spacial score (nSPS) is 12.6. The number of halogens is 1. The molecule has 1 aromatic carbocycles. The van der Waals surface area contributed by atoms with Crippen molar-refractivity contribution in [3.63, 3.8) is 0 Å². The highest BCUT2D eigenvalue weighted by Crippen LogP contribution is 2.37. The average molecular weight is 344 g/mol. The summed E-state index contributed by atoms with van der Waals surface area (Å²) in [5, 5.41) is 10.1. The van der Waals surface area contributed by atoms with E-state index in [-0.39, 0.29) is 5.91 Å². The smallest absolute Gasteiger partial charge is 0.276 e. The highest BCUT2D eigenvalue weighted by molar-refractivity contribution is 7.10. The van der Waals surface area contributed by atoms with Gasteiger partial charge < -0.3 is 5.32 Å². The first kappa shape index (κ1) is 14.5. The van der Waals surface area contributed by atoms with Gasteiger partial charge >= 0.3 is 0 Å². The van der Waals surface area contributed by atoms with E-state index in [2.05, 4.69) is 21.9 Å². The van der Waals surface area contributed by atoms with Crippen LogP contribution in [0, 0.1) is 0 Å². The third-order valence-corrected chi connectivity index (χ3v) is 5.30. The molecule has 0 bridgehead atoms. The summed E-state index contributed by atoms with van der Waals surface area (Å²) in [5.41, 5.74) is 4.52. The molecule has 0 aliphatic heterocycles. The Morgan fingerprint density at radius 1 is 1.26 bits per heavy atom. The van der Waals surface area contributed by atoms with Gasteiger partial charge in [0.1, 0.15) is 0 Å². The fourth-order valence-corrected chi connectivity index (χ4v) is 4.04. The second kappa shape index (κ2) is 5.51. The van der Waals surface area contributed by atoms with Crippen LogP contribution in [-0.4, -0.2) is 15.7 Å². The van der Waals surface area contributed by atoms with E-state index in [9.17, 15) is 4.79 Å². The van der Waals surface area contributed by atoms with Crippen LogP contribution in [0.4, 0.5) is 5.69 Å². The van der Waals surface area contributed by atoms with Crippen molar-refractivity contribution < 1.29 is 4.79 Å². The second-order valence-corrected chi connectivity index (χ2v) is 6.95. The topological polar surface area (TPSA) is 46.9 Å². The maximum absolute atomic E-state index is 12.6. The zero-order valence-corrected chi connectivity index (χ0v) is 14.0. The molecule has 1 aliphatic rings. The molecule has 2 aromatic heterocycles. The van der Waals surface area contributed by atoms with E-state index in [0.29, 0.717) is 16.4 Å². The Kier molecular flexibility index (Phi) is 3.47. The quantitative estimate of drug-likeness (QED) is 0.759. The van der Waals surface area contributed by atoms with Gasteiger partial charge in [-0.1, -0.05) is 11.6 Å². The van der Waals surface area contributed by atoms with E-state index in [1.807, 2.05) is 11.7 Å². The molecule has 4 nitrogen and oxygen atoms in total. The summed E-state index contributed by atoms with van der Waals surface area (Å²) in [6.07, 6.45) is 1.81. The number of nitrogens with zero attached hydrogens (tertiary/aromatic N) is 2. The maximum atomic E-state index is 12.6. The van der Waals surface area contributed by atoms with Gasteiger partial charge in [0.2, 0.25) is 0 Å². The number of thiophene rings is 1. The minimum absolute atomic E-state index is 0.178. The summed E-state index contributed by atoms with van der Waals surface area (Å²) in [6.45, 7) is 0. The molecule has 0 radical (unpaired) electrons. The van der Waals surface area contributed by atoms with Crippen molar-refractivity contribution in [3.8, 4) is 11.3 Å². The first-order valence-corrected chi connectivity index (χ1v) is 8.59. The van der Waals surface area contributed by atoms with Crippen LogP contribution in [0.5, 0.6) is 0 Å². The van der Waals surface area contributed by atoms with Crippen molar-refractivity contribution in [2.45, 2.75) is 12.8 Å². The minimum Gasteiger partial charge on any atom is -0.321 e. The average Bonchev–Trinajstić information content (AvgIpc) is 3.13. The number of benzene rings is 1. The Labute approximate surface area is 142 Å². The van der Waals surface area contributed by atoms with Crippen molar-refractivity contribution in [2.75, 3.05) is 5.32 Å². The molecule has 116 valence electrons. The highest BCUT2D eigenvalue weighted by atomic mass is 35.5. The van der Waals surface area contributed by atoms with Gasteiger partial charge in [-0.25, -0.2) is 0 Å². The van der Waals surface area contributed by atoms with Gasteiger partial charge in [-0.2, -0.15) is 5.10 Å².